The van der Waals surface area contributed by atoms with Crippen LogP contribution in [-0.4, -0.2) is 50.1 Å². The van der Waals surface area contributed by atoms with E-state index in [0.29, 0.717) is 30.0 Å². The maximum Gasteiger partial charge on any atom is 0.257 e. The number of rotatable bonds is 7. The smallest absolute Gasteiger partial charge is 0.257 e. The maximum atomic E-state index is 16.0. The molecule has 2 unspecified atom stereocenters. The third kappa shape index (κ3) is 6.30. The summed E-state index contributed by atoms with van der Waals surface area (Å²) < 4.78 is 66.6. The van der Waals surface area contributed by atoms with Crippen LogP contribution in [0.3, 0.4) is 0 Å². The number of alkyl halides is 2. The highest BCUT2D eigenvalue weighted by atomic mass is 19.3. The van der Waals surface area contributed by atoms with Crippen LogP contribution in [0.15, 0.2) is 60.7 Å². The number of halogens is 4. The van der Waals surface area contributed by atoms with Crippen LogP contribution in [0.5, 0.6) is 5.75 Å². The van der Waals surface area contributed by atoms with Crippen LogP contribution in [-0.2, 0) is 13.0 Å². The van der Waals surface area contributed by atoms with E-state index in [1.807, 2.05) is 36.4 Å². The Labute approximate surface area is 245 Å². The summed E-state index contributed by atoms with van der Waals surface area (Å²) in [5.41, 5.74) is 3.12. The molecule has 0 bridgehead atoms. The van der Waals surface area contributed by atoms with Crippen molar-refractivity contribution in [2.45, 2.75) is 57.6 Å². The van der Waals surface area contributed by atoms with Gasteiger partial charge in [0.15, 0.2) is 0 Å². The van der Waals surface area contributed by atoms with Crippen LogP contribution in [0, 0.1) is 17.0 Å². The minimum Gasteiger partial charge on any atom is -0.489 e. The van der Waals surface area contributed by atoms with Gasteiger partial charge in [-0.2, -0.15) is 0 Å². The summed E-state index contributed by atoms with van der Waals surface area (Å²) in [5, 5.41) is 3.47. The Hall–Kier alpha value is -3.10. The molecule has 8 heteroatoms. The predicted molar refractivity (Wildman–Crippen MR) is 157 cm³/mol. The fraction of sp³-hybridized carbons (Fsp3) is 0.471. The second kappa shape index (κ2) is 11.9. The van der Waals surface area contributed by atoms with Crippen LogP contribution in [0.25, 0.3) is 0 Å². The first-order chi connectivity index (χ1) is 20.2. The quantitative estimate of drug-likeness (QED) is 0.301. The molecule has 3 aliphatic rings. The van der Waals surface area contributed by atoms with Crippen molar-refractivity contribution in [3.8, 4) is 5.75 Å². The van der Waals surface area contributed by atoms with E-state index in [1.165, 1.54) is 17.0 Å². The average molecular weight is 582 g/mol. The number of nitrogens with zero attached hydrogens (tertiary/aromatic N) is 2. The van der Waals surface area contributed by atoms with E-state index >= 15 is 8.78 Å². The molecule has 3 aromatic rings. The van der Waals surface area contributed by atoms with Gasteiger partial charge in [-0.3, -0.25) is 4.90 Å². The highest BCUT2D eigenvalue weighted by Crippen LogP contribution is 2.42. The lowest BCUT2D eigenvalue weighted by molar-refractivity contribution is -0.0245. The molecule has 42 heavy (non-hydrogen) atoms. The van der Waals surface area contributed by atoms with Gasteiger partial charge in [-0.25, -0.2) is 17.6 Å². The Kier molecular flexibility index (Phi) is 8.20. The minimum atomic E-state index is -3.02. The van der Waals surface area contributed by atoms with E-state index in [1.54, 1.807) is 12.1 Å². The predicted octanol–water partition coefficient (Wildman–Crippen LogP) is 7.12. The first kappa shape index (κ1) is 29.0. The Balaban J connectivity index is 1.29. The molecule has 0 amide bonds. The fourth-order valence-electron chi connectivity index (χ4n) is 7.10. The molecule has 224 valence electrons. The molecular weight excluding hydrogens is 542 g/mol. The van der Waals surface area contributed by atoms with Gasteiger partial charge in [-0.15, -0.1) is 0 Å². The van der Waals surface area contributed by atoms with Gasteiger partial charge in [0.25, 0.3) is 5.92 Å². The van der Waals surface area contributed by atoms with E-state index in [-0.39, 0.29) is 17.5 Å². The molecular formula is C34H39F4N3O. The first-order valence-corrected chi connectivity index (χ1v) is 15.1. The zero-order valence-corrected chi connectivity index (χ0v) is 24.2. The topological polar surface area (TPSA) is 27.7 Å². The van der Waals surface area contributed by atoms with Crippen molar-refractivity contribution in [1.29, 1.82) is 0 Å². The molecule has 3 aromatic carbocycles. The van der Waals surface area contributed by atoms with E-state index in [2.05, 4.69) is 10.2 Å². The summed E-state index contributed by atoms with van der Waals surface area (Å²) in [6, 6.07) is 17.0. The minimum absolute atomic E-state index is 0.173. The summed E-state index contributed by atoms with van der Waals surface area (Å²) in [4.78, 5) is 3.59. The molecule has 0 radical (unpaired) electrons. The van der Waals surface area contributed by atoms with Gasteiger partial charge in [-0.1, -0.05) is 36.4 Å². The molecule has 0 aliphatic carbocycles. The van der Waals surface area contributed by atoms with E-state index < -0.39 is 30.1 Å². The van der Waals surface area contributed by atoms with Gasteiger partial charge in [0.05, 0.1) is 12.6 Å². The third-order valence-corrected chi connectivity index (χ3v) is 9.25. The summed E-state index contributed by atoms with van der Waals surface area (Å²) in [6.07, 6.45) is 4.68. The largest absolute Gasteiger partial charge is 0.489 e. The molecule has 0 saturated carbocycles. The molecule has 6 rings (SSSR count). The first-order valence-electron chi connectivity index (χ1n) is 15.1. The fourth-order valence-corrected chi connectivity index (χ4v) is 7.10. The Morgan fingerprint density at radius 3 is 2.45 bits per heavy atom. The number of hydrogen-bond acceptors (Lipinski definition) is 4. The molecule has 3 aliphatic heterocycles. The number of ether oxygens (including phenoxy) is 1. The van der Waals surface area contributed by atoms with Crippen LogP contribution in [0.4, 0.5) is 23.2 Å². The van der Waals surface area contributed by atoms with Crippen molar-refractivity contribution in [3.05, 3.63) is 94.6 Å². The molecule has 2 atom stereocenters. The lowest BCUT2D eigenvalue weighted by atomic mass is 9.80. The summed E-state index contributed by atoms with van der Waals surface area (Å²) in [6.45, 7) is 4.41. The van der Waals surface area contributed by atoms with Crippen LogP contribution < -0.4 is 15.0 Å². The SMILES string of the molecule is CC(F)(F)CN1CCc2cc(OCc3ccccc3)ccc2C1c1c(F)cc(N2CCCC3(CCNC3)CC2)cc1F. The van der Waals surface area contributed by atoms with Crippen molar-refractivity contribution in [2.24, 2.45) is 5.41 Å². The number of nitrogens with one attached hydrogen (secondary N) is 1. The molecule has 2 fully saturated rings. The molecule has 4 nitrogen and oxygen atoms in total. The maximum absolute atomic E-state index is 16.0. The molecule has 1 N–H and O–H groups in total. The van der Waals surface area contributed by atoms with Gasteiger partial charge < -0.3 is 15.0 Å². The van der Waals surface area contributed by atoms with E-state index in [0.717, 1.165) is 69.9 Å². The highest BCUT2D eigenvalue weighted by molar-refractivity contribution is 5.52. The van der Waals surface area contributed by atoms with Gasteiger partial charge >= 0.3 is 0 Å². The molecule has 3 heterocycles. The van der Waals surface area contributed by atoms with Crippen molar-refractivity contribution in [1.82, 2.24) is 10.2 Å². The molecule has 1 spiro atoms. The van der Waals surface area contributed by atoms with Gasteiger partial charge in [0.1, 0.15) is 24.0 Å². The lowest BCUT2D eigenvalue weighted by Gasteiger charge is -2.39. The van der Waals surface area contributed by atoms with Crippen LogP contribution in [0.1, 0.15) is 60.9 Å². The summed E-state index contributed by atoms with van der Waals surface area (Å²) in [5.74, 6) is -3.77. The normalized spacial score (nSPS) is 23.2. The van der Waals surface area contributed by atoms with Crippen molar-refractivity contribution >= 4 is 5.69 Å². The monoisotopic (exact) mass is 581 g/mol. The van der Waals surface area contributed by atoms with Crippen molar-refractivity contribution < 1.29 is 22.3 Å². The highest BCUT2D eigenvalue weighted by Gasteiger charge is 2.39. The Morgan fingerprint density at radius 2 is 1.74 bits per heavy atom. The second-order valence-electron chi connectivity index (χ2n) is 12.4. The number of anilines is 1. The summed E-state index contributed by atoms with van der Waals surface area (Å²) >= 11 is 0. The van der Waals surface area contributed by atoms with Gasteiger partial charge in [-0.05, 0) is 85.0 Å². The van der Waals surface area contributed by atoms with Crippen molar-refractivity contribution in [2.75, 3.05) is 44.2 Å². The summed E-state index contributed by atoms with van der Waals surface area (Å²) in [7, 11) is 0. The van der Waals surface area contributed by atoms with E-state index in [9.17, 15) is 8.78 Å². The zero-order valence-electron chi connectivity index (χ0n) is 24.2. The Bertz CT molecular complexity index is 1360. The number of hydrogen-bond donors (Lipinski definition) is 1. The molecule has 2 saturated heterocycles. The van der Waals surface area contributed by atoms with Crippen molar-refractivity contribution in [3.63, 3.8) is 0 Å². The zero-order chi connectivity index (χ0) is 29.3. The second-order valence-corrected chi connectivity index (χ2v) is 12.4. The average Bonchev–Trinajstić information content (AvgIpc) is 3.32. The van der Waals surface area contributed by atoms with E-state index in [4.69, 9.17) is 4.74 Å². The standard InChI is InChI=1S/C34H39F4N3O/c1-33(37,38)23-41-16-10-25-18-27(42-21-24-6-3-2-4-7-24)8-9-28(25)32(41)31-29(35)19-26(20-30(31)36)40-15-5-11-34(13-17-40)12-14-39-22-34/h2-4,6-9,18-20,32,39H,5,10-17,21-23H2,1H3. The van der Waals surface area contributed by atoms with Gasteiger partial charge in [0.2, 0.25) is 0 Å². The van der Waals surface area contributed by atoms with Crippen LogP contribution in [0.2, 0.25) is 0 Å². The number of benzene rings is 3. The Morgan fingerprint density at radius 1 is 0.952 bits per heavy atom. The number of fused-ring (bicyclic) bond motifs is 1. The van der Waals surface area contributed by atoms with Gasteiger partial charge in [0, 0.05) is 44.4 Å². The lowest BCUT2D eigenvalue weighted by Crippen LogP contribution is -2.43. The molecule has 0 aromatic heterocycles. The van der Waals surface area contributed by atoms with Crippen LogP contribution >= 0.6 is 0 Å². The third-order valence-electron chi connectivity index (χ3n) is 9.25.